The standard InChI is InChI=1S/C11H13N5O2/c1-15(2)9-5-3-4-8(6-9)11-12-13-14-16(11)7-10(17)18/h3-6H,7H2,1-2H3,(H,17,18). The van der Waals surface area contributed by atoms with Gasteiger partial charge in [-0.25, -0.2) is 4.68 Å². The Morgan fingerprint density at radius 3 is 2.89 bits per heavy atom. The van der Waals surface area contributed by atoms with Gasteiger partial charge in [0.1, 0.15) is 6.54 Å². The second-order valence-corrected chi connectivity index (χ2v) is 4.00. The molecule has 0 saturated heterocycles. The zero-order valence-electron chi connectivity index (χ0n) is 10.1. The van der Waals surface area contributed by atoms with Crippen LogP contribution in [0.15, 0.2) is 24.3 Å². The third kappa shape index (κ3) is 2.45. The van der Waals surface area contributed by atoms with Crippen LogP contribution in [0.1, 0.15) is 0 Å². The minimum atomic E-state index is -0.979. The summed E-state index contributed by atoms with van der Waals surface area (Å²) in [4.78, 5) is 12.7. The summed E-state index contributed by atoms with van der Waals surface area (Å²) in [6.45, 7) is -0.255. The van der Waals surface area contributed by atoms with Crippen LogP contribution in [0.4, 0.5) is 5.69 Å². The van der Waals surface area contributed by atoms with E-state index in [1.54, 1.807) is 0 Å². The minimum absolute atomic E-state index is 0.255. The molecule has 18 heavy (non-hydrogen) atoms. The van der Waals surface area contributed by atoms with Gasteiger partial charge in [-0.2, -0.15) is 0 Å². The summed E-state index contributed by atoms with van der Waals surface area (Å²) >= 11 is 0. The number of hydrogen-bond donors (Lipinski definition) is 1. The highest BCUT2D eigenvalue weighted by atomic mass is 16.4. The summed E-state index contributed by atoms with van der Waals surface area (Å²) in [5.41, 5.74) is 1.78. The van der Waals surface area contributed by atoms with Gasteiger partial charge in [0.25, 0.3) is 0 Å². The molecule has 1 N–H and O–H groups in total. The van der Waals surface area contributed by atoms with Crippen molar-refractivity contribution in [3.8, 4) is 11.4 Å². The first-order chi connectivity index (χ1) is 8.58. The Hall–Kier alpha value is -2.44. The van der Waals surface area contributed by atoms with Crippen LogP contribution in [0, 0.1) is 0 Å². The first kappa shape index (κ1) is 12.0. The van der Waals surface area contributed by atoms with Crippen LogP contribution in [0.2, 0.25) is 0 Å². The van der Waals surface area contributed by atoms with Crippen molar-refractivity contribution >= 4 is 11.7 Å². The van der Waals surface area contributed by atoms with Crippen LogP contribution >= 0.6 is 0 Å². The number of carboxylic acid groups (broad SMARTS) is 1. The number of carboxylic acids is 1. The SMILES string of the molecule is CN(C)c1cccc(-c2nnnn2CC(=O)O)c1. The highest BCUT2D eigenvalue weighted by Crippen LogP contribution is 2.21. The molecule has 0 saturated carbocycles. The predicted molar refractivity (Wildman–Crippen MR) is 65.2 cm³/mol. The summed E-state index contributed by atoms with van der Waals surface area (Å²) in [5.74, 6) is -0.534. The number of rotatable bonds is 4. The molecule has 0 fully saturated rings. The van der Waals surface area contributed by atoms with Gasteiger partial charge in [0.05, 0.1) is 0 Å². The molecular formula is C11H13N5O2. The van der Waals surface area contributed by atoms with Crippen molar-refractivity contribution < 1.29 is 9.90 Å². The third-order valence-electron chi connectivity index (χ3n) is 2.44. The van der Waals surface area contributed by atoms with E-state index in [0.29, 0.717) is 5.82 Å². The third-order valence-corrected chi connectivity index (χ3v) is 2.44. The molecule has 0 aliphatic rings. The number of anilines is 1. The van der Waals surface area contributed by atoms with E-state index in [-0.39, 0.29) is 6.54 Å². The molecular weight excluding hydrogens is 234 g/mol. The molecule has 0 amide bonds. The Kier molecular flexibility index (Phi) is 3.22. The van der Waals surface area contributed by atoms with Crippen LogP contribution < -0.4 is 4.90 Å². The van der Waals surface area contributed by atoms with Crippen molar-refractivity contribution in [3.63, 3.8) is 0 Å². The summed E-state index contributed by atoms with van der Waals surface area (Å²) in [6.07, 6.45) is 0. The van der Waals surface area contributed by atoms with Crippen molar-refractivity contribution in [1.82, 2.24) is 20.2 Å². The molecule has 0 spiro atoms. The highest BCUT2D eigenvalue weighted by molar-refractivity contribution is 5.68. The lowest BCUT2D eigenvalue weighted by Crippen LogP contribution is -2.12. The van der Waals surface area contributed by atoms with Gasteiger partial charge in [-0.15, -0.1) is 5.10 Å². The van der Waals surface area contributed by atoms with Crippen LogP contribution in [0.3, 0.4) is 0 Å². The summed E-state index contributed by atoms with van der Waals surface area (Å²) in [7, 11) is 3.86. The smallest absolute Gasteiger partial charge is 0.325 e. The van der Waals surface area contributed by atoms with Crippen LogP contribution in [-0.4, -0.2) is 45.4 Å². The molecule has 0 unspecified atom stereocenters. The Balaban J connectivity index is 2.39. The van der Waals surface area contributed by atoms with E-state index in [0.717, 1.165) is 11.3 Å². The number of hydrogen-bond acceptors (Lipinski definition) is 5. The summed E-state index contributed by atoms with van der Waals surface area (Å²) < 4.78 is 1.26. The molecule has 0 bridgehead atoms. The maximum absolute atomic E-state index is 10.7. The fourth-order valence-corrected chi connectivity index (χ4v) is 1.57. The van der Waals surface area contributed by atoms with Gasteiger partial charge in [0, 0.05) is 25.3 Å². The molecule has 7 nitrogen and oxygen atoms in total. The molecule has 7 heteroatoms. The van der Waals surface area contributed by atoms with Crippen LogP contribution in [0.5, 0.6) is 0 Å². The molecule has 0 atom stereocenters. The largest absolute Gasteiger partial charge is 0.480 e. The summed E-state index contributed by atoms with van der Waals surface area (Å²) in [6, 6.07) is 7.58. The van der Waals surface area contributed by atoms with Gasteiger partial charge >= 0.3 is 5.97 Å². The van der Waals surface area contributed by atoms with Crippen LogP contribution in [-0.2, 0) is 11.3 Å². The highest BCUT2D eigenvalue weighted by Gasteiger charge is 2.12. The predicted octanol–water partition coefficient (Wildman–Crippen LogP) is 0.491. The first-order valence-electron chi connectivity index (χ1n) is 5.33. The summed E-state index contributed by atoms with van der Waals surface area (Å²) in [5, 5.41) is 19.8. The molecule has 0 aliphatic heterocycles. The van der Waals surface area contributed by atoms with E-state index in [2.05, 4.69) is 15.5 Å². The number of nitrogens with zero attached hydrogens (tertiary/aromatic N) is 5. The Bertz CT molecular complexity index is 564. The average Bonchev–Trinajstić information content (AvgIpc) is 2.76. The normalized spacial score (nSPS) is 10.3. The Labute approximate surface area is 104 Å². The van der Waals surface area contributed by atoms with Crippen molar-refractivity contribution in [2.24, 2.45) is 0 Å². The second-order valence-electron chi connectivity index (χ2n) is 4.00. The number of aromatic nitrogens is 4. The fourth-order valence-electron chi connectivity index (χ4n) is 1.57. The van der Waals surface area contributed by atoms with E-state index in [4.69, 9.17) is 5.11 Å². The van der Waals surface area contributed by atoms with E-state index < -0.39 is 5.97 Å². The number of carbonyl (C=O) groups is 1. The number of benzene rings is 1. The van der Waals surface area contributed by atoms with E-state index in [1.807, 2.05) is 43.3 Å². The average molecular weight is 247 g/mol. The zero-order chi connectivity index (χ0) is 13.1. The van der Waals surface area contributed by atoms with E-state index >= 15 is 0 Å². The lowest BCUT2D eigenvalue weighted by Gasteiger charge is -2.13. The quantitative estimate of drug-likeness (QED) is 0.846. The monoisotopic (exact) mass is 247 g/mol. The van der Waals surface area contributed by atoms with E-state index in [1.165, 1.54) is 4.68 Å². The molecule has 1 heterocycles. The van der Waals surface area contributed by atoms with Crippen LogP contribution in [0.25, 0.3) is 11.4 Å². The topological polar surface area (TPSA) is 84.1 Å². The van der Waals surface area contributed by atoms with Gasteiger partial charge in [0.2, 0.25) is 0 Å². The second kappa shape index (κ2) is 4.82. The lowest BCUT2D eigenvalue weighted by atomic mass is 10.2. The number of aliphatic carboxylic acids is 1. The van der Waals surface area contributed by atoms with Crippen molar-refractivity contribution in [3.05, 3.63) is 24.3 Å². The molecule has 0 aliphatic carbocycles. The molecule has 94 valence electrons. The van der Waals surface area contributed by atoms with Crippen molar-refractivity contribution in [2.45, 2.75) is 6.54 Å². The zero-order valence-corrected chi connectivity index (χ0v) is 10.1. The Morgan fingerprint density at radius 1 is 1.44 bits per heavy atom. The fraction of sp³-hybridized carbons (Fsp3) is 0.273. The minimum Gasteiger partial charge on any atom is -0.480 e. The maximum Gasteiger partial charge on any atom is 0.325 e. The molecule has 1 aromatic heterocycles. The van der Waals surface area contributed by atoms with Crippen molar-refractivity contribution in [1.29, 1.82) is 0 Å². The van der Waals surface area contributed by atoms with Gasteiger partial charge in [-0.1, -0.05) is 12.1 Å². The lowest BCUT2D eigenvalue weighted by molar-refractivity contribution is -0.137. The van der Waals surface area contributed by atoms with E-state index in [9.17, 15) is 4.79 Å². The Morgan fingerprint density at radius 2 is 2.22 bits per heavy atom. The van der Waals surface area contributed by atoms with Gasteiger partial charge in [-0.3, -0.25) is 4.79 Å². The van der Waals surface area contributed by atoms with Gasteiger partial charge in [0.15, 0.2) is 5.82 Å². The molecule has 1 aromatic carbocycles. The maximum atomic E-state index is 10.7. The number of tetrazole rings is 1. The van der Waals surface area contributed by atoms with Crippen molar-refractivity contribution in [2.75, 3.05) is 19.0 Å². The first-order valence-corrected chi connectivity index (χ1v) is 5.33. The van der Waals surface area contributed by atoms with Gasteiger partial charge < -0.3 is 10.0 Å². The molecule has 2 aromatic rings. The molecule has 2 rings (SSSR count). The van der Waals surface area contributed by atoms with Gasteiger partial charge in [-0.05, 0) is 22.6 Å². The molecule has 0 radical (unpaired) electrons.